The average Bonchev–Trinajstić information content (AvgIpc) is 1.71. The van der Waals surface area contributed by atoms with Gasteiger partial charge in [-0.15, -0.1) is 68.0 Å². The van der Waals surface area contributed by atoms with Crippen molar-refractivity contribution in [2.45, 2.75) is 91.1 Å². The van der Waals surface area contributed by atoms with Gasteiger partial charge in [0.05, 0.1) is 5.56 Å². The Morgan fingerprint density at radius 2 is 0.711 bits per heavy atom. The summed E-state index contributed by atoms with van der Waals surface area (Å²) in [6.45, 7) is -6.55. The minimum atomic E-state index is -8.28. The maximum absolute atomic E-state index is 13.4. The van der Waals surface area contributed by atoms with Gasteiger partial charge in [-0.1, -0.05) is 0 Å². The zero-order valence-electron chi connectivity index (χ0n) is 41.7. The van der Waals surface area contributed by atoms with E-state index in [1.165, 1.54) is 51.6 Å². The zero-order valence-corrected chi connectivity index (χ0v) is 46.6. The molecule has 516 valence electrons. The topological polar surface area (TPSA) is 36.9 Å². The normalized spacial score (nSPS) is 13.4. The quantitative estimate of drug-likeness (QED) is 0.0905. The van der Waals surface area contributed by atoms with Crippen LogP contribution in [0.3, 0.4) is 0 Å². The van der Waals surface area contributed by atoms with Crippen LogP contribution in [0.25, 0.3) is 0 Å². The zero-order chi connectivity index (χ0) is 70.4. The lowest BCUT2D eigenvalue weighted by Crippen LogP contribution is -2.73. The molecule has 6 aromatic heterocycles. The number of hydrogen-bond donors (Lipinski definition) is 0. The molecule has 0 aliphatic carbocycles. The first-order valence-corrected chi connectivity index (χ1v) is 26.8. The highest BCUT2D eigenvalue weighted by Gasteiger charge is 2.93. The molecule has 0 N–H and O–H groups in total. The van der Waals surface area contributed by atoms with Crippen LogP contribution in [0.15, 0.2) is 91.6 Å². The highest BCUT2D eigenvalue weighted by molar-refractivity contribution is 7.12. The Morgan fingerprint density at radius 1 is 0.344 bits per heavy atom. The molecule has 0 saturated heterocycles. The Morgan fingerprint density at radius 3 is 1.00 bits per heavy atom. The van der Waals surface area contributed by atoms with Gasteiger partial charge in [0, 0.05) is 21.5 Å². The summed E-state index contributed by atoms with van der Waals surface area (Å²) in [6.07, 6.45) is -38.6. The van der Waals surface area contributed by atoms with Crippen LogP contribution in [0.1, 0.15) is 20.2 Å². The standard InChI is InChI=1S/C12H5F15OS.C7H6F4OS.2C6H2F6S.2C6H5F3OS/c13-6(14,4-28-5-1-2-29-3-5)7(15,16)8(17,18)9(19,20)10(21,22)11(23,24)12(25,26)27;8-6(9)7(10,11)4-12-5-1-2-13-3-5;7-5(8,9)3-1-4(13-2-3)6(10,11)12;7-5(8,9)3-1-2-4(13-3)6(10,11)12;7-6(8,9)4-10-5-1-2-11-3-5;7-6(8,9)4-10-5-2-1-3-11-5/h1-3H,4H2;1-3,6H,4H2;2*1-2H;2*1-3H,4H2. The summed E-state index contributed by atoms with van der Waals surface area (Å²) in [7, 11) is 0. The molecule has 0 radical (unpaired) electrons. The molecule has 0 spiro atoms. The monoisotopic (exact) mass is 1500 g/mol. The fourth-order valence-electron chi connectivity index (χ4n) is 4.45. The number of ether oxygens (including phenoxy) is 4. The first-order valence-electron chi connectivity index (χ1n) is 21.4. The third-order valence-corrected chi connectivity index (χ3v) is 13.6. The number of hydrogen-bond acceptors (Lipinski definition) is 10. The van der Waals surface area contributed by atoms with E-state index in [4.69, 9.17) is 0 Å². The van der Waals surface area contributed by atoms with Gasteiger partial charge >= 0.3 is 91.1 Å². The van der Waals surface area contributed by atoms with Gasteiger partial charge in [0.1, 0.15) is 31.9 Å². The van der Waals surface area contributed by atoms with E-state index in [0.717, 1.165) is 28.2 Å². The fourth-order valence-corrected chi connectivity index (χ4v) is 8.26. The molecule has 0 fully saturated rings. The predicted molar refractivity (Wildman–Crippen MR) is 247 cm³/mol. The van der Waals surface area contributed by atoms with Gasteiger partial charge in [0.2, 0.25) is 0 Å². The van der Waals surface area contributed by atoms with Crippen molar-refractivity contribution in [1.82, 2.24) is 0 Å². The lowest BCUT2D eigenvalue weighted by atomic mass is 9.91. The average molecular weight is 1500 g/mol. The van der Waals surface area contributed by atoms with Crippen LogP contribution in [0.4, 0.5) is 162 Å². The van der Waals surface area contributed by atoms with E-state index < -0.39 is 143 Å². The molecule has 0 atom stereocenters. The second-order valence-electron chi connectivity index (χ2n) is 15.7. The molecule has 0 bridgehead atoms. The van der Waals surface area contributed by atoms with Crippen LogP contribution in [-0.4, -0.2) is 92.8 Å². The van der Waals surface area contributed by atoms with Gasteiger partial charge in [-0.2, -0.15) is 154 Å². The third kappa shape index (κ3) is 25.0. The second-order valence-corrected chi connectivity index (χ2v) is 20.9. The molecule has 4 nitrogen and oxygen atoms in total. The Kier molecular flexibility index (Phi) is 28.7. The van der Waals surface area contributed by atoms with Gasteiger partial charge in [0.15, 0.2) is 31.5 Å². The maximum atomic E-state index is 13.4. The molecule has 0 aromatic carbocycles. The number of thiophene rings is 6. The lowest BCUT2D eigenvalue weighted by Gasteiger charge is -2.41. The van der Waals surface area contributed by atoms with E-state index in [1.54, 1.807) is 22.2 Å². The second kappa shape index (κ2) is 31.2. The van der Waals surface area contributed by atoms with Crippen LogP contribution >= 0.6 is 68.0 Å². The molecule has 0 amide bonds. The molecule has 0 aliphatic rings. The van der Waals surface area contributed by atoms with Crippen molar-refractivity contribution < 1.29 is 181 Å². The summed E-state index contributed by atoms with van der Waals surface area (Å²) in [5, 5.41) is 10.6. The Hall–Kier alpha value is -5.19. The van der Waals surface area contributed by atoms with Crippen LogP contribution in [0.5, 0.6) is 22.3 Å². The Labute approximate surface area is 499 Å². The van der Waals surface area contributed by atoms with E-state index in [9.17, 15) is 162 Å². The largest absolute Gasteiger partial charge is 0.486 e. The molecule has 6 aromatic rings. The molecule has 6 heterocycles. The summed E-state index contributed by atoms with van der Waals surface area (Å²) < 4.78 is 470. The molecule has 0 saturated carbocycles. The van der Waals surface area contributed by atoms with Gasteiger partial charge in [0.25, 0.3) is 0 Å². The first kappa shape index (κ1) is 82.8. The highest BCUT2D eigenvalue weighted by atomic mass is 32.1. The highest BCUT2D eigenvalue weighted by Crippen LogP contribution is 2.62. The van der Waals surface area contributed by atoms with Gasteiger partial charge < -0.3 is 18.9 Å². The molecule has 90 heavy (non-hydrogen) atoms. The summed E-state index contributed by atoms with van der Waals surface area (Å²) >= 11 is 4.12. The number of rotatable bonds is 16. The Balaban J connectivity index is 0.000000567. The van der Waals surface area contributed by atoms with Crippen molar-refractivity contribution in [3.05, 3.63) is 112 Å². The van der Waals surface area contributed by atoms with Gasteiger partial charge in [-0.05, 0) is 70.1 Å². The van der Waals surface area contributed by atoms with Crippen LogP contribution in [0.2, 0.25) is 0 Å². The van der Waals surface area contributed by atoms with Crippen LogP contribution in [-0.2, 0) is 24.7 Å². The first-order chi connectivity index (χ1) is 40.2. The summed E-state index contributed by atoms with van der Waals surface area (Å²) in [6, 6.07) is 7.82. The van der Waals surface area contributed by atoms with Crippen molar-refractivity contribution in [2.24, 2.45) is 0 Å². The molecule has 0 aliphatic heterocycles. The van der Waals surface area contributed by atoms with Crippen molar-refractivity contribution in [2.75, 3.05) is 26.4 Å². The molecular formula is C43H25F37O4S6. The predicted octanol–water partition coefficient (Wildman–Crippen LogP) is 22.5. The SMILES string of the molecule is FC(F)(F)C(F)(F)C(F)(F)C(F)(F)C(F)(F)C(F)(F)C(F)(F)COc1ccsc1.FC(F)(F)COc1cccs1.FC(F)(F)COc1ccsc1.FC(F)(F)c1ccc(C(F)(F)F)s1.FC(F)(F)c1csc(C(F)(F)F)c1.FC(F)C(F)(F)COc1ccsc1. The van der Waals surface area contributed by atoms with Gasteiger partial charge in [-0.3, -0.25) is 0 Å². The van der Waals surface area contributed by atoms with Crippen LogP contribution < -0.4 is 18.9 Å². The molecular weight excluding hydrogens is 1480 g/mol. The van der Waals surface area contributed by atoms with Crippen molar-refractivity contribution >= 4 is 68.0 Å². The van der Waals surface area contributed by atoms with E-state index in [-0.39, 0.29) is 40.2 Å². The number of alkyl halides is 37. The molecule has 47 heteroatoms. The molecule has 6 rings (SSSR count). The van der Waals surface area contributed by atoms with Crippen LogP contribution in [0, 0.1) is 0 Å². The number of halogens is 37. The third-order valence-electron chi connectivity index (χ3n) is 8.70. The summed E-state index contributed by atoms with van der Waals surface area (Å²) in [5.74, 6) is -50.8. The fraction of sp³-hybridized carbons (Fsp3) is 0.442. The van der Waals surface area contributed by atoms with E-state index in [0.29, 0.717) is 33.9 Å². The lowest BCUT2D eigenvalue weighted by molar-refractivity contribution is -0.453. The minimum Gasteiger partial charge on any atom is -0.486 e. The van der Waals surface area contributed by atoms with E-state index in [2.05, 4.69) is 18.9 Å². The van der Waals surface area contributed by atoms with Crippen molar-refractivity contribution in [3.8, 4) is 22.3 Å². The van der Waals surface area contributed by atoms with Crippen molar-refractivity contribution in [3.63, 3.8) is 0 Å². The van der Waals surface area contributed by atoms with E-state index in [1.807, 2.05) is 0 Å². The summed E-state index contributed by atoms with van der Waals surface area (Å²) in [4.78, 5) is -3.71. The molecule has 0 unspecified atom stereocenters. The smallest absolute Gasteiger partial charge is 0.460 e. The van der Waals surface area contributed by atoms with Crippen molar-refractivity contribution in [1.29, 1.82) is 0 Å². The minimum absolute atomic E-state index is 0.0384. The van der Waals surface area contributed by atoms with Gasteiger partial charge in [-0.25, -0.2) is 8.78 Å². The van der Waals surface area contributed by atoms with E-state index >= 15 is 0 Å². The summed E-state index contributed by atoms with van der Waals surface area (Å²) in [5.41, 5.74) is -1.26. The maximum Gasteiger partial charge on any atom is 0.460 e. The Bertz CT molecular complexity index is 2760.